The first kappa shape index (κ1) is 17.5. The van der Waals surface area contributed by atoms with Crippen molar-refractivity contribution >= 4 is 23.2 Å². The van der Waals surface area contributed by atoms with Crippen LogP contribution in [0, 0.1) is 6.92 Å². The predicted octanol–water partition coefficient (Wildman–Crippen LogP) is 2.54. The Morgan fingerprint density at radius 3 is 2.58 bits per heavy atom. The SMILES string of the molecule is COc1cc(NC(=O)CCN)ccc1NC(=O)c1cccc(C)c1. The fraction of sp³-hybridized carbons (Fsp3) is 0.222. The van der Waals surface area contributed by atoms with Gasteiger partial charge in [0.15, 0.2) is 0 Å². The van der Waals surface area contributed by atoms with Crippen LogP contribution in [0.15, 0.2) is 42.5 Å². The van der Waals surface area contributed by atoms with Crippen molar-refractivity contribution in [1.29, 1.82) is 0 Å². The number of aryl methyl sites for hydroxylation is 1. The first-order valence-electron chi connectivity index (χ1n) is 7.59. The number of carbonyl (C=O) groups excluding carboxylic acids is 2. The zero-order valence-corrected chi connectivity index (χ0v) is 13.8. The molecule has 0 unspecified atom stereocenters. The highest BCUT2D eigenvalue weighted by molar-refractivity contribution is 6.05. The van der Waals surface area contributed by atoms with Crippen LogP contribution in [0.2, 0.25) is 0 Å². The van der Waals surface area contributed by atoms with Gasteiger partial charge in [-0.3, -0.25) is 9.59 Å². The van der Waals surface area contributed by atoms with Gasteiger partial charge in [-0.25, -0.2) is 0 Å². The summed E-state index contributed by atoms with van der Waals surface area (Å²) in [5, 5.41) is 5.54. The number of anilines is 2. The van der Waals surface area contributed by atoms with E-state index in [1.165, 1.54) is 7.11 Å². The third-order valence-corrected chi connectivity index (χ3v) is 3.39. The second kappa shape index (κ2) is 8.12. The van der Waals surface area contributed by atoms with E-state index in [9.17, 15) is 9.59 Å². The monoisotopic (exact) mass is 327 g/mol. The topological polar surface area (TPSA) is 93.4 Å². The Kier molecular flexibility index (Phi) is 5.92. The summed E-state index contributed by atoms with van der Waals surface area (Å²) in [6, 6.07) is 12.3. The van der Waals surface area contributed by atoms with Crippen LogP contribution >= 0.6 is 0 Å². The fourth-order valence-electron chi connectivity index (χ4n) is 2.21. The van der Waals surface area contributed by atoms with Crippen LogP contribution in [0.5, 0.6) is 5.75 Å². The molecule has 0 fully saturated rings. The minimum Gasteiger partial charge on any atom is -0.494 e. The van der Waals surface area contributed by atoms with Crippen molar-refractivity contribution in [3.8, 4) is 5.75 Å². The molecular formula is C18H21N3O3. The van der Waals surface area contributed by atoms with Gasteiger partial charge in [0.2, 0.25) is 5.91 Å². The highest BCUT2D eigenvalue weighted by Gasteiger charge is 2.11. The van der Waals surface area contributed by atoms with E-state index >= 15 is 0 Å². The van der Waals surface area contributed by atoms with Gasteiger partial charge in [0.05, 0.1) is 12.8 Å². The molecule has 4 N–H and O–H groups in total. The van der Waals surface area contributed by atoms with Crippen molar-refractivity contribution in [2.24, 2.45) is 5.73 Å². The molecule has 2 amide bonds. The Hall–Kier alpha value is -2.86. The smallest absolute Gasteiger partial charge is 0.255 e. The summed E-state index contributed by atoms with van der Waals surface area (Å²) in [6.45, 7) is 2.21. The standard InChI is InChI=1S/C18H21N3O3/c1-12-4-3-5-13(10-12)18(23)21-15-7-6-14(11-16(15)24-2)20-17(22)8-9-19/h3-7,10-11H,8-9,19H2,1-2H3,(H,20,22)(H,21,23). The summed E-state index contributed by atoms with van der Waals surface area (Å²) in [4.78, 5) is 23.9. The number of carbonyl (C=O) groups is 2. The first-order chi connectivity index (χ1) is 11.5. The Morgan fingerprint density at radius 2 is 1.92 bits per heavy atom. The number of ether oxygens (including phenoxy) is 1. The van der Waals surface area contributed by atoms with Crippen molar-refractivity contribution < 1.29 is 14.3 Å². The van der Waals surface area contributed by atoms with Crippen LogP contribution in [0.3, 0.4) is 0 Å². The van der Waals surface area contributed by atoms with Crippen molar-refractivity contribution in [2.75, 3.05) is 24.3 Å². The van der Waals surface area contributed by atoms with E-state index in [1.54, 1.807) is 24.3 Å². The molecule has 0 spiro atoms. The molecule has 0 aliphatic heterocycles. The van der Waals surface area contributed by atoms with E-state index in [0.717, 1.165) is 5.56 Å². The molecule has 0 saturated carbocycles. The molecule has 2 aromatic carbocycles. The van der Waals surface area contributed by atoms with Crippen molar-refractivity contribution in [3.05, 3.63) is 53.6 Å². The molecule has 0 aliphatic carbocycles. The van der Waals surface area contributed by atoms with Gasteiger partial charge in [-0.1, -0.05) is 17.7 Å². The number of nitrogens with one attached hydrogen (secondary N) is 2. The van der Waals surface area contributed by atoms with Crippen LogP contribution in [0.25, 0.3) is 0 Å². The molecule has 2 rings (SSSR count). The maximum Gasteiger partial charge on any atom is 0.255 e. The minimum absolute atomic E-state index is 0.170. The number of rotatable bonds is 6. The van der Waals surface area contributed by atoms with E-state index in [-0.39, 0.29) is 24.8 Å². The fourth-order valence-corrected chi connectivity index (χ4v) is 2.21. The number of hydrogen-bond donors (Lipinski definition) is 3. The quantitative estimate of drug-likeness (QED) is 0.760. The Morgan fingerprint density at radius 1 is 1.12 bits per heavy atom. The molecule has 0 saturated heterocycles. The van der Waals surface area contributed by atoms with Crippen LogP contribution < -0.4 is 21.1 Å². The highest BCUT2D eigenvalue weighted by atomic mass is 16.5. The normalized spacial score (nSPS) is 10.1. The number of nitrogens with two attached hydrogens (primary N) is 1. The average Bonchev–Trinajstić information content (AvgIpc) is 2.56. The number of amides is 2. The second-order valence-electron chi connectivity index (χ2n) is 5.33. The molecule has 126 valence electrons. The Labute approximate surface area is 141 Å². The van der Waals surface area contributed by atoms with E-state index in [2.05, 4.69) is 10.6 Å². The molecule has 0 heterocycles. The lowest BCUT2D eigenvalue weighted by Gasteiger charge is -2.13. The summed E-state index contributed by atoms with van der Waals surface area (Å²) in [7, 11) is 1.50. The van der Waals surface area contributed by atoms with Gasteiger partial charge in [-0.2, -0.15) is 0 Å². The van der Waals surface area contributed by atoms with E-state index in [4.69, 9.17) is 10.5 Å². The summed E-state index contributed by atoms with van der Waals surface area (Å²) in [6.07, 6.45) is 0.244. The molecule has 24 heavy (non-hydrogen) atoms. The molecule has 0 aliphatic rings. The van der Waals surface area contributed by atoms with E-state index in [1.807, 2.05) is 25.1 Å². The lowest BCUT2D eigenvalue weighted by atomic mass is 10.1. The molecule has 6 nitrogen and oxygen atoms in total. The van der Waals surface area contributed by atoms with E-state index in [0.29, 0.717) is 22.7 Å². The van der Waals surface area contributed by atoms with Crippen LogP contribution in [0.4, 0.5) is 11.4 Å². The Bertz CT molecular complexity index is 744. The summed E-state index contributed by atoms with van der Waals surface area (Å²) < 4.78 is 5.30. The van der Waals surface area contributed by atoms with Gasteiger partial charge in [-0.15, -0.1) is 0 Å². The van der Waals surface area contributed by atoms with Gasteiger partial charge < -0.3 is 21.1 Å². The second-order valence-corrected chi connectivity index (χ2v) is 5.33. The van der Waals surface area contributed by atoms with Crippen LogP contribution in [-0.4, -0.2) is 25.5 Å². The zero-order chi connectivity index (χ0) is 17.5. The van der Waals surface area contributed by atoms with Crippen molar-refractivity contribution in [3.63, 3.8) is 0 Å². The van der Waals surface area contributed by atoms with Gasteiger partial charge in [0.1, 0.15) is 5.75 Å². The average molecular weight is 327 g/mol. The first-order valence-corrected chi connectivity index (χ1v) is 7.59. The summed E-state index contributed by atoms with van der Waals surface area (Å²) >= 11 is 0. The predicted molar refractivity (Wildman–Crippen MR) is 94.4 cm³/mol. The minimum atomic E-state index is -0.225. The molecule has 0 radical (unpaired) electrons. The molecule has 0 aromatic heterocycles. The molecular weight excluding hydrogens is 306 g/mol. The van der Waals surface area contributed by atoms with Gasteiger partial charge in [0.25, 0.3) is 5.91 Å². The van der Waals surface area contributed by atoms with Gasteiger partial charge in [0, 0.05) is 30.3 Å². The largest absolute Gasteiger partial charge is 0.494 e. The molecule has 0 bridgehead atoms. The molecule has 2 aromatic rings. The van der Waals surface area contributed by atoms with Crippen molar-refractivity contribution in [2.45, 2.75) is 13.3 Å². The number of methoxy groups -OCH3 is 1. The van der Waals surface area contributed by atoms with Crippen molar-refractivity contribution in [1.82, 2.24) is 0 Å². The maximum absolute atomic E-state index is 12.3. The van der Waals surface area contributed by atoms with E-state index < -0.39 is 0 Å². The lowest BCUT2D eigenvalue weighted by molar-refractivity contribution is -0.116. The third kappa shape index (κ3) is 4.57. The van der Waals surface area contributed by atoms with Crippen LogP contribution in [0.1, 0.15) is 22.3 Å². The third-order valence-electron chi connectivity index (χ3n) is 3.39. The highest BCUT2D eigenvalue weighted by Crippen LogP contribution is 2.28. The molecule has 0 atom stereocenters. The summed E-state index contributed by atoms with van der Waals surface area (Å²) in [5.41, 5.74) is 8.04. The van der Waals surface area contributed by atoms with Gasteiger partial charge >= 0.3 is 0 Å². The van der Waals surface area contributed by atoms with Crippen LogP contribution in [-0.2, 0) is 4.79 Å². The number of benzene rings is 2. The lowest BCUT2D eigenvalue weighted by Crippen LogP contribution is -2.16. The molecule has 6 heteroatoms. The number of hydrogen-bond acceptors (Lipinski definition) is 4. The van der Waals surface area contributed by atoms with Gasteiger partial charge in [-0.05, 0) is 31.2 Å². The Balaban J connectivity index is 2.15. The zero-order valence-electron chi connectivity index (χ0n) is 13.8. The maximum atomic E-state index is 12.3. The summed E-state index contributed by atoms with van der Waals surface area (Å²) in [5.74, 6) is 0.0644.